The van der Waals surface area contributed by atoms with E-state index < -0.39 is 0 Å². The third-order valence-corrected chi connectivity index (χ3v) is 4.96. The molecule has 4 nitrogen and oxygen atoms in total. The summed E-state index contributed by atoms with van der Waals surface area (Å²) in [5.74, 6) is 0.765. The fourth-order valence-corrected chi connectivity index (χ4v) is 3.59. The summed E-state index contributed by atoms with van der Waals surface area (Å²) in [4.78, 5) is 19.5. The summed E-state index contributed by atoms with van der Waals surface area (Å²) >= 11 is 0. The highest BCUT2D eigenvalue weighted by molar-refractivity contribution is 6.13. The highest BCUT2D eigenvalue weighted by Crippen LogP contribution is 2.32. The van der Waals surface area contributed by atoms with Crippen LogP contribution in [0.2, 0.25) is 0 Å². The molecule has 0 unspecified atom stereocenters. The summed E-state index contributed by atoms with van der Waals surface area (Å²) < 4.78 is 5.20. The number of anilines is 1. The van der Waals surface area contributed by atoms with Gasteiger partial charge in [0.15, 0.2) is 0 Å². The molecule has 2 heterocycles. The Morgan fingerprint density at radius 1 is 0.962 bits per heavy atom. The topological polar surface area (TPSA) is 42.4 Å². The molecule has 0 saturated heterocycles. The Labute approximate surface area is 150 Å². The number of nitrogens with zero attached hydrogens (tertiary/aromatic N) is 2. The molecule has 0 saturated carbocycles. The molecule has 5 rings (SSSR count). The van der Waals surface area contributed by atoms with E-state index in [0.717, 1.165) is 38.8 Å². The lowest BCUT2D eigenvalue weighted by Crippen LogP contribution is -2.22. The van der Waals surface area contributed by atoms with Crippen LogP contribution in [0.25, 0.3) is 21.7 Å². The molecule has 0 spiro atoms. The second-order valence-corrected chi connectivity index (χ2v) is 6.43. The number of rotatable bonds is 2. The molecule has 4 aromatic rings. The molecule has 126 valence electrons. The van der Waals surface area contributed by atoms with Crippen molar-refractivity contribution in [3.63, 3.8) is 0 Å². The van der Waals surface area contributed by atoms with Gasteiger partial charge in [0.05, 0.1) is 30.4 Å². The number of carbonyl (C=O) groups is 1. The number of ether oxygens (including phenoxy) is 1. The van der Waals surface area contributed by atoms with Crippen molar-refractivity contribution in [3.05, 3.63) is 78.0 Å². The third-order valence-electron chi connectivity index (χ3n) is 4.96. The monoisotopic (exact) mass is 340 g/mol. The van der Waals surface area contributed by atoms with Gasteiger partial charge in [-0.1, -0.05) is 36.4 Å². The number of pyridine rings is 1. The van der Waals surface area contributed by atoms with Gasteiger partial charge in [-0.15, -0.1) is 0 Å². The van der Waals surface area contributed by atoms with Gasteiger partial charge in [-0.2, -0.15) is 0 Å². The number of carbonyl (C=O) groups excluding carboxylic acids is 1. The molecule has 0 bridgehead atoms. The lowest BCUT2D eigenvalue weighted by Gasteiger charge is -2.15. The Hall–Kier alpha value is -3.40. The van der Waals surface area contributed by atoms with Crippen LogP contribution in [0.1, 0.15) is 16.1 Å². The zero-order valence-electron chi connectivity index (χ0n) is 14.3. The van der Waals surface area contributed by atoms with Crippen molar-refractivity contribution in [3.8, 4) is 5.75 Å². The van der Waals surface area contributed by atoms with Crippen LogP contribution in [0.4, 0.5) is 5.69 Å². The van der Waals surface area contributed by atoms with Gasteiger partial charge in [-0.05, 0) is 35.7 Å². The van der Waals surface area contributed by atoms with Crippen molar-refractivity contribution < 1.29 is 9.53 Å². The average Bonchev–Trinajstić information content (AvgIpc) is 3.02. The van der Waals surface area contributed by atoms with Crippen LogP contribution in [0.3, 0.4) is 0 Å². The van der Waals surface area contributed by atoms with Crippen molar-refractivity contribution >= 4 is 33.3 Å². The van der Waals surface area contributed by atoms with E-state index in [1.165, 1.54) is 0 Å². The zero-order valence-corrected chi connectivity index (χ0v) is 14.3. The second kappa shape index (κ2) is 5.56. The van der Waals surface area contributed by atoms with Gasteiger partial charge in [0, 0.05) is 16.5 Å². The molecule has 3 aromatic carbocycles. The molecule has 0 atom stereocenters. The third kappa shape index (κ3) is 2.15. The summed E-state index contributed by atoms with van der Waals surface area (Å²) in [7, 11) is 1.63. The summed E-state index contributed by atoms with van der Waals surface area (Å²) in [6.07, 6.45) is 0. The first-order valence-electron chi connectivity index (χ1n) is 8.52. The van der Waals surface area contributed by atoms with Crippen LogP contribution in [-0.2, 0) is 6.54 Å². The lowest BCUT2D eigenvalue weighted by atomic mass is 10.0. The number of benzene rings is 3. The normalized spacial score (nSPS) is 13.4. The molecule has 26 heavy (non-hydrogen) atoms. The van der Waals surface area contributed by atoms with Gasteiger partial charge in [-0.3, -0.25) is 4.79 Å². The van der Waals surface area contributed by atoms with Gasteiger partial charge < -0.3 is 9.64 Å². The predicted molar refractivity (Wildman–Crippen MR) is 103 cm³/mol. The SMILES string of the molecule is COc1ccc(N2Cc3nc4c(ccc5ccccc54)cc3C2=O)cc1. The largest absolute Gasteiger partial charge is 0.497 e. The lowest BCUT2D eigenvalue weighted by molar-refractivity contribution is 0.0996. The first kappa shape index (κ1) is 14.9. The van der Waals surface area contributed by atoms with E-state index in [0.29, 0.717) is 12.1 Å². The van der Waals surface area contributed by atoms with Crippen molar-refractivity contribution in [1.82, 2.24) is 4.98 Å². The van der Waals surface area contributed by atoms with E-state index in [2.05, 4.69) is 18.2 Å². The molecule has 0 aliphatic carbocycles. The first-order valence-corrected chi connectivity index (χ1v) is 8.52. The Bertz CT molecular complexity index is 1170. The van der Waals surface area contributed by atoms with E-state index >= 15 is 0 Å². The van der Waals surface area contributed by atoms with Crippen LogP contribution in [0.5, 0.6) is 5.75 Å². The maximum atomic E-state index is 12.9. The van der Waals surface area contributed by atoms with Crippen LogP contribution in [-0.4, -0.2) is 18.0 Å². The number of methoxy groups -OCH3 is 1. The molecule has 4 heteroatoms. The number of amides is 1. The molecule has 1 amide bonds. The average molecular weight is 340 g/mol. The summed E-state index contributed by atoms with van der Waals surface area (Å²) in [5, 5.41) is 3.26. The maximum Gasteiger partial charge on any atom is 0.260 e. The molecule has 1 aromatic heterocycles. The highest BCUT2D eigenvalue weighted by atomic mass is 16.5. The standard InChI is InChI=1S/C22H16N2O2/c1-26-17-10-8-16(9-11-17)24-13-20-19(22(24)25)12-15-7-6-14-4-2-3-5-18(14)21(15)23-20/h2-12H,13H2,1H3. The molecule has 1 aliphatic rings. The minimum absolute atomic E-state index is 0.00674. The molecule has 0 fully saturated rings. The van der Waals surface area contributed by atoms with Crippen molar-refractivity contribution in [1.29, 1.82) is 0 Å². The van der Waals surface area contributed by atoms with Crippen molar-refractivity contribution in [2.24, 2.45) is 0 Å². The second-order valence-electron chi connectivity index (χ2n) is 6.43. The Balaban J connectivity index is 1.63. The maximum absolute atomic E-state index is 12.9. The van der Waals surface area contributed by atoms with E-state index in [4.69, 9.17) is 9.72 Å². The number of hydrogen-bond acceptors (Lipinski definition) is 3. The van der Waals surface area contributed by atoms with E-state index in [-0.39, 0.29) is 5.91 Å². The summed E-state index contributed by atoms with van der Waals surface area (Å²) in [5.41, 5.74) is 3.31. The summed E-state index contributed by atoms with van der Waals surface area (Å²) in [6.45, 7) is 0.486. The zero-order chi connectivity index (χ0) is 17.7. The molecule has 0 radical (unpaired) electrons. The quantitative estimate of drug-likeness (QED) is 0.503. The highest BCUT2D eigenvalue weighted by Gasteiger charge is 2.30. The molecule has 1 aliphatic heterocycles. The van der Waals surface area contributed by atoms with Crippen LogP contribution >= 0.6 is 0 Å². The van der Waals surface area contributed by atoms with Gasteiger partial charge in [0.1, 0.15) is 5.75 Å². The Morgan fingerprint density at radius 2 is 1.73 bits per heavy atom. The van der Waals surface area contributed by atoms with Crippen LogP contribution < -0.4 is 9.64 Å². The van der Waals surface area contributed by atoms with Gasteiger partial charge in [0.2, 0.25) is 0 Å². The van der Waals surface area contributed by atoms with Gasteiger partial charge in [0.25, 0.3) is 5.91 Å². The Kier molecular flexibility index (Phi) is 3.19. The summed E-state index contributed by atoms with van der Waals surface area (Å²) in [6, 6.07) is 21.8. The van der Waals surface area contributed by atoms with Crippen molar-refractivity contribution in [2.45, 2.75) is 6.54 Å². The number of fused-ring (bicyclic) bond motifs is 4. The smallest absolute Gasteiger partial charge is 0.260 e. The van der Waals surface area contributed by atoms with E-state index in [1.54, 1.807) is 12.0 Å². The van der Waals surface area contributed by atoms with E-state index in [1.807, 2.05) is 48.5 Å². The fraction of sp³-hybridized carbons (Fsp3) is 0.0909. The molecular formula is C22H16N2O2. The number of aromatic nitrogens is 1. The van der Waals surface area contributed by atoms with Gasteiger partial charge in [-0.25, -0.2) is 4.98 Å². The minimum atomic E-state index is -0.00674. The number of hydrogen-bond donors (Lipinski definition) is 0. The predicted octanol–water partition coefficient (Wildman–Crippen LogP) is 4.56. The Morgan fingerprint density at radius 3 is 2.54 bits per heavy atom. The van der Waals surface area contributed by atoms with Crippen LogP contribution in [0, 0.1) is 0 Å². The molecular weight excluding hydrogens is 324 g/mol. The van der Waals surface area contributed by atoms with Gasteiger partial charge >= 0.3 is 0 Å². The van der Waals surface area contributed by atoms with Crippen molar-refractivity contribution in [2.75, 3.05) is 12.0 Å². The van der Waals surface area contributed by atoms with Crippen LogP contribution in [0.15, 0.2) is 66.7 Å². The molecule has 0 N–H and O–H groups in total. The minimum Gasteiger partial charge on any atom is -0.497 e. The van der Waals surface area contributed by atoms with E-state index in [9.17, 15) is 4.79 Å². The fourth-order valence-electron chi connectivity index (χ4n) is 3.59. The first-order chi connectivity index (χ1) is 12.7.